The van der Waals surface area contributed by atoms with Gasteiger partial charge in [-0.25, -0.2) is 4.98 Å². The van der Waals surface area contributed by atoms with Gasteiger partial charge >= 0.3 is 0 Å². The van der Waals surface area contributed by atoms with Crippen molar-refractivity contribution >= 4 is 34.0 Å². The maximum Gasteiger partial charge on any atom is 0.151 e. The maximum absolute atomic E-state index is 6.00. The van der Waals surface area contributed by atoms with Crippen LogP contribution in [0.1, 0.15) is 10.4 Å². The first-order chi connectivity index (χ1) is 11.2. The number of para-hydroxylation sites is 2. The SMILES string of the molecule is Cc1ccc(-c2nc3ccccc3n2Cc2ccc(Cl)cc2)s1. The highest BCUT2D eigenvalue weighted by atomic mass is 35.5. The lowest BCUT2D eigenvalue weighted by Crippen LogP contribution is -2.01. The van der Waals surface area contributed by atoms with E-state index in [4.69, 9.17) is 16.6 Å². The summed E-state index contributed by atoms with van der Waals surface area (Å²) in [7, 11) is 0. The van der Waals surface area contributed by atoms with E-state index < -0.39 is 0 Å². The zero-order valence-corrected chi connectivity index (χ0v) is 14.2. The molecule has 0 aliphatic carbocycles. The molecule has 4 rings (SSSR count). The van der Waals surface area contributed by atoms with Gasteiger partial charge < -0.3 is 4.57 Å². The van der Waals surface area contributed by atoms with Crippen LogP contribution in [0.15, 0.2) is 60.7 Å². The lowest BCUT2D eigenvalue weighted by molar-refractivity contribution is 0.836. The molecule has 2 nitrogen and oxygen atoms in total. The van der Waals surface area contributed by atoms with Gasteiger partial charge in [-0.3, -0.25) is 0 Å². The van der Waals surface area contributed by atoms with Crippen LogP contribution in [0, 0.1) is 6.92 Å². The third-order valence-corrected chi connectivity index (χ3v) is 5.12. The van der Waals surface area contributed by atoms with Crippen LogP contribution in [0.5, 0.6) is 0 Å². The van der Waals surface area contributed by atoms with E-state index in [1.807, 2.05) is 18.2 Å². The molecule has 114 valence electrons. The van der Waals surface area contributed by atoms with Crippen molar-refractivity contribution in [2.45, 2.75) is 13.5 Å². The maximum atomic E-state index is 6.00. The number of halogens is 1. The van der Waals surface area contributed by atoms with Crippen molar-refractivity contribution in [2.24, 2.45) is 0 Å². The summed E-state index contributed by atoms with van der Waals surface area (Å²) in [5, 5.41) is 0.762. The number of thiophene rings is 1. The first kappa shape index (κ1) is 14.5. The average Bonchev–Trinajstić information content (AvgIpc) is 3.14. The highest BCUT2D eigenvalue weighted by molar-refractivity contribution is 7.15. The number of hydrogen-bond acceptors (Lipinski definition) is 2. The van der Waals surface area contributed by atoms with Crippen LogP contribution in [0.4, 0.5) is 0 Å². The highest BCUT2D eigenvalue weighted by Crippen LogP contribution is 2.31. The van der Waals surface area contributed by atoms with E-state index in [0.717, 1.165) is 28.4 Å². The Balaban J connectivity index is 1.87. The van der Waals surface area contributed by atoms with E-state index in [9.17, 15) is 0 Å². The van der Waals surface area contributed by atoms with Gasteiger partial charge in [0, 0.05) is 16.4 Å². The number of rotatable bonds is 3. The smallest absolute Gasteiger partial charge is 0.151 e. The summed E-state index contributed by atoms with van der Waals surface area (Å²) in [6.45, 7) is 2.91. The van der Waals surface area contributed by atoms with Crippen molar-refractivity contribution < 1.29 is 0 Å². The zero-order valence-electron chi connectivity index (χ0n) is 12.7. The predicted molar refractivity (Wildman–Crippen MR) is 98.3 cm³/mol. The predicted octanol–water partition coefficient (Wildman–Crippen LogP) is 5.77. The molecule has 0 radical (unpaired) electrons. The molecule has 0 N–H and O–H groups in total. The summed E-state index contributed by atoms with van der Waals surface area (Å²) in [4.78, 5) is 7.36. The summed E-state index contributed by atoms with van der Waals surface area (Å²) < 4.78 is 2.28. The summed E-state index contributed by atoms with van der Waals surface area (Å²) in [5.74, 6) is 1.03. The van der Waals surface area contributed by atoms with Crippen LogP contribution in [-0.4, -0.2) is 9.55 Å². The second kappa shape index (κ2) is 5.84. The average molecular weight is 339 g/mol. The van der Waals surface area contributed by atoms with Gasteiger partial charge in [0.05, 0.1) is 15.9 Å². The molecule has 0 aliphatic heterocycles. The fourth-order valence-corrected chi connectivity index (χ4v) is 3.74. The van der Waals surface area contributed by atoms with Crippen LogP contribution in [0.25, 0.3) is 21.7 Å². The molecule has 0 saturated carbocycles. The Morgan fingerprint density at radius 1 is 1.00 bits per heavy atom. The Morgan fingerprint density at radius 2 is 1.78 bits per heavy atom. The van der Waals surface area contributed by atoms with Crippen LogP contribution in [0.3, 0.4) is 0 Å². The molecule has 2 aromatic carbocycles. The van der Waals surface area contributed by atoms with Crippen molar-refractivity contribution in [1.82, 2.24) is 9.55 Å². The number of benzene rings is 2. The third-order valence-electron chi connectivity index (χ3n) is 3.87. The molecule has 2 heterocycles. The van der Waals surface area contributed by atoms with E-state index in [1.165, 1.54) is 15.3 Å². The second-order valence-electron chi connectivity index (χ2n) is 5.55. The van der Waals surface area contributed by atoms with E-state index in [-0.39, 0.29) is 0 Å². The van der Waals surface area contributed by atoms with Crippen LogP contribution >= 0.6 is 22.9 Å². The summed E-state index contributed by atoms with van der Waals surface area (Å²) in [6.07, 6.45) is 0. The lowest BCUT2D eigenvalue weighted by Gasteiger charge is -2.08. The van der Waals surface area contributed by atoms with Gasteiger partial charge in [0.2, 0.25) is 0 Å². The molecule has 0 fully saturated rings. The third kappa shape index (κ3) is 2.78. The molecule has 4 heteroatoms. The Hall–Kier alpha value is -2.10. The molecule has 0 bridgehead atoms. The molecule has 0 unspecified atom stereocenters. The van der Waals surface area contributed by atoms with Crippen molar-refractivity contribution in [3.05, 3.63) is 76.1 Å². The van der Waals surface area contributed by atoms with E-state index in [1.54, 1.807) is 11.3 Å². The lowest BCUT2D eigenvalue weighted by atomic mass is 10.2. The summed E-state index contributed by atoms with van der Waals surface area (Å²) in [6, 6.07) is 20.6. The Kier molecular flexibility index (Phi) is 3.68. The first-order valence-corrected chi connectivity index (χ1v) is 8.67. The molecule has 4 aromatic rings. The zero-order chi connectivity index (χ0) is 15.8. The van der Waals surface area contributed by atoms with Crippen molar-refractivity contribution in [3.63, 3.8) is 0 Å². The second-order valence-corrected chi connectivity index (χ2v) is 7.27. The molecule has 0 spiro atoms. The molecule has 0 amide bonds. The minimum absolute atomic E-state index is 0.762. The number of fused-ring (bicyclic) bond motifs is 1. The quantitative estimate of drug-likeness (QED) is 0.463. The number of aryl methyl sites for hydroxylation is 1. The van der Waals surface area contributed by atoms with Gasteiger partial charge in [0.15, 0.2) is 5.82 Å². The van der Waals surface area contributed by atoms with Gasteiger partial charge in [-0.05, 0) is 48.9 Å². The van der Waals surface area contributed by atoms with Gasteiger partial charge in [0.1, 0.15) is 0 Å². The van der Waals surface area contributed by atoms with Gasteiger partial charge in [-0.2, -0.15) is 0 Å². The Bertz CT molecular complexity index is 967. The fraction of sp³-hybridized carbons (Fsp3) is 0.105. The monoisotopic (exact) mass is 338 g/mol. The van der Waals surface area contributed by atoms with Gasteiger partial charge in [0.25, 0.3) is 0 Å². The fourth-order valence-electron chi connectivity index (χ4n) is 2.75. The standard InChI is InChI=1S/C19H15ClN2S/c1-13-6-11-18(23-13)19-21-16-4-2-3-5-17(16)22(19)12-14-7-9-15(20)10-8-14/h2-11H,12H2,1H3. The molecule has 0 aliphatic rings. The highest BCUT2D eigenvalue weighted by Gasteiger charge is 2.14. The normalized spacial score (nSPS) is 11.2. The minimum atomic E-state index is 0.762. The van der Waals surface area contributed by atoms with E-state index in [0.29, 0.717) is 0 Å². The Morgan fingerprint density at radius 3 is 2.52 bits per heavy atom. The largest absolute Gasteiger partial charge is 0.319 e. The van der Waals surface area contributed by atoms with Gasteiger partial charge in [-0.1, -0.05) is 35.9 Å². The Labute approximate surface area is 144 Å². The van der Waals surface area contributed by atoms with Crippen LogP contribution in [0.2, 0.25) is 5.02 Å². The van der Waals surface area contributed by atoms with Crippen molar-refractivity contribution in [2.75, 3.05) is 0 Å². The molecule has 2 aromatic heterocycles. The van der Waals surface area contributed by atoms with Crippen molar-refractivity contribution in [3.8, 4) is 10.7 Å². The number of imidazole rings is 1. The molecule has 23 heavy (non-hydrogen) atoms. The van der Waals surface area contributed by atoms with Gasteiger partial charge in [-0.15, -0.1) is 11.3 Å². The number of aromatic nitrogens is 2. The molecule has 0 saturated heterocycles. The molecule has 0 atom stereocenters. The minimum Gasteiger partial charge on any atom is -0.319 e. The first-order valence-electron chi connectivity index (χ1n) is 7.47. The van der Waals surface area contributed by atoms with Crippen molar-refractivity contribution in [1.29, 1.82) is 0 Å². The summed E-state index contributed by atoms with van der Waals surface area (Å²) in [5.41, 5.74) is 3.40. The van der Waals surface area contributed by atoms with E-state index >= 15 is 0 Å². The molecular weight excluding hydrogens is 324 g/mol. The molecular formula is C19H15ClN2S. The van der Waals surface area contributed by atoms with E-state index in [2.05, 4.69) is 54.0 Å². The topological polar surface area (TPSA) is 17.8 Å². The number of hydrogen-bond donors (Lipinski definition) is 0. The van der Waals surface area contributed by atoms with Crippen LogP contribution in [-0.2, 0) is 6.54 Å². The van der Waals surface area contributed by atoms with Crippen LogP contribution < -0.4 is 0 Å². The summed E-state index contributed by atoms with van der Waals surface area (Å²) >= 11 is 7.78. The number of nitrogens with zero attached hydrogens (tertiary/aromatic N) is 2.